The van der Waals surface area contributed by atoms with Crippen LogP contribution in [0.4, 0.5) is 0 Å². The number of nitrogens with zero attached hydrogens (tertiary/aromatic N) is 2. The lowest BCUT2D eigenvalue weighted by molar-refractivity contribution is 0.102. The van der Waals surface area contributed by atoms with Gasteiger partial charge in [0.2, 0.25) is 0 Å². The van der Waals surface area contributed by atoms with E-state index in [4.69, 9.17) is 4.99 Å². The first-order chi connectivity index (χ1) is 9.11. The van der Waals surface area contributed by atoms with Crippen molar-refractivity contribution in [3.05, 3.63) is 12.2 Å². The summed E-state index contributed by atoms with van der Waals surface area (Å²) in [6.45, 7) is 8.08. The lowest BCUT2D eigenvalue weighted by atomic mass is 9.91. The zero-order chi connectivity index (χ0) is 13.5. The van der Waals surface area contributed by atoms with Crippen molar-refractivity contribution in [3.63, 3.8) is 0 Å². The summed E-state index contributed by atoms with van der Waals surface area (Å²) < 4.78 is 0. The Balaban J connectivity index is 1.68. The average molecular weight is 260 g/mol. The standard InChI is InChI=1S/C17H28N2/c1-13(2)19(15-7-5-4-6-8-15)12-17-10-9-14(3)18-16(17)11-17/h9-10,13,15-16H,4-8,11-12H2,1-3H3. The lowest BCUT2D eigenvalue weighted by Crippen LogP contribution is -2.45. The van der Waals surface area contributed by atoms with Crippen LogP contribution >= 0.6 is 0 Å². The Morgan fingerprint density at radius 2 is 2.05 bits per heavy atom. The Morgan fingerprint density at radius 3 is 2.68 bits per heavy atom. The molecule has 0 N–H and O–H groups in total. The quantitative estimate of drug-likeness (QED) is 0.750. The highest BCUT2D eigenvalue weighted by Crippen LogP contribution is 2.52. The Labute approximate surface area is 118 Å². The second-order valence-electron chi connectivity index (χ2n) is 7.11. The molecular weight excluding hydrogens is 232 g/mol. The molecule has 0 bridgehead atoms. The Bertz CT molecular complexity index is 390. The van der Waals surface area contributed by atoms with Crippen LogP contribution in [-0.4, -0.2) is 35.3 Å². The highest BCUT2D eigenvalue weighted by Gasteiger charge is 2.55. The van der Waals surface area contributed by atoms with Crippen molar-refractivity contribution in [1.29, 1.82) is 0 Å². The second kappa shape index (κ2) is 5.05. The predicted molar refractivity (Wildman–Crippen MR) is 81.8 cm³/mol. The van der Waals surface area contributed by atoms with Gasteiger partial charge in [0.05, 0.1) is 6.04 Å². The molecule has 0 amide bonds. The van der Waals surface area contributed by atoms with E-state index in [9.17, 15) is 0 Å². The van der Waals surface area contributed by atoms with E-state index < -0.39 is 0 Å². The highest BCUT2D eigenvalue weighted by atomic mass is 15.2. The third-order valence-corrected chi connectivity index (χ3v) is 5.28. The van der Waals surface area contributed by atoms with E-state index in [0.717, 1.165) is 6.04 Å². The minimum atomic E-state index is 0.390. The Hall–Kier alpha value is -0.630. The summed E-state index contributed by atoms with van der Waals surface area (Å²) in [5.74, 6) is 0. The monoisotopic (exact) mass is 260 g/mol. The van der Waals surface area contributed by atoms with E-state index in [1.807, 2.05) is 0 Å². The van der Waals surface area contributed by atoms with Crippen LogP contribution < -0.4 is 0 Å². The molecule has 2 heteroatoms. The molecule has 1 heterocycles. The SMILES string of the molecule is CC1=NC2CC2(CN(C(C)C)C2CCCCC2)C=C1. The third kappa shape index (κ3) is 2.65. The molecule has 3 rings (SSSR count). The topological polar surface area (TPSA) is 15.6 Å². The molecule has 2 atom stereocenters. The predicted octanol–water partition coefficient (Wildman–Crippen LogP) is 3.82. The molecule has 0 saturated heterocycles. The zero-order valence-electron chi connectivity index (χ0n) is 12.7. The minimum Gasteiger partial charge on any atom is -0.297 e. The smallest absolute Gasteiger partial charge is 0.0616 e. The maximum Gasteiger partial charge on any atom is 0.0616 e. The van der Waals surface area contributed by atoms with Gasteiger partial charge in [-0.05, 0) is 46.1 Å². The van der Waals surface area contributed by atoms with Gasteiger partial charge in [0.15, 0.2) is 0 Å². The summed E-state index contributed by atoms with van der Waals surface area (Å²) in [4.78, 5) is 7.57. The van der Waals surface area contributed by atoms with Crippen molar-refractivity contribution in [3.8, 4) is 0 Å². The number of aliphatic imine (C=N–C) groups is 1. The Morgan fingerprint density at radius 1 is 1.32 bits per heavy atom. The molecule has 2 fully saturated rings. The minimum absolute atomic E-state index is 0.390. The molecular formula is C17H28N2. The molecule has 106 valence electrons. The molecule has 0 aromatic carbocycles. The van der Waals surface area contributed by atoms with Crippen molar-refractivity contribution in [2.24, 2.45) is 10.4 Å². The van der Waals surface area contributed by atoms with Gasteiger partial charge in [-0.1, -0.05) is 25.3 Å². The van der Waals surface area contributed by atoms with Crippen molar-refractivity contribution >= 4 is 5.71 Å². The molecule has 3 aliphatic rings. The fourth-order valence-corrected chi connectivity index (χ4v) is 3.94. The third-order valence-electron chi connectivity index (χ3n) is 5.28. The first-order valence-corrected chi connectivity index (χ1v) is 8.10. The maximum atomic E-state index is 4.79. The number of rotatable bonds is 4. The van der Waals surface area contributed by atoms with E-state index in [0.29, 0.717) is 17.5 Å². The summed E-state index contributed by atoms with van der Waals surface area (Å²) in [6.07, 6.45) is 13.1. The number of fused-ring (bicyclic) bond motifs is 1. The van der Waals surface area contributed by atoms with Gasteiger partial charge in [-0.25, -0.2) is 0 Å². The van der Waals surface area contributed by atoms with Crippen LogP contribution in [0.2, 0.25) is 0 Å². The van der Waals surface area contributed by atoms with Crippen LogP contribution in [0.1, 0.15) is 59.3 Å². The summed E-state index contributed by atoms with van der Waals surface area (Å²) in [7, 11) is 0. The van der Waals surface area contributed by atoms with Crippen molar-refractivity contribution < 1.29 is 0 Å². The highest BCUT2D eigenvalue weighted by molar-refractivity contribution is 5.94. The van der Waals surface area contributed by atoms with Crippen molar-refractivity contribution in [1.82, 2.24) is 4.90 Å². The molecule has 2 nitrogen and oxygen atoms in total. The second-order valence-corrected chi connectivity index (χ2v) is 7.11. The van der Waals surface area contributed by atoms with Crippen LogP contribution in [0.15, 0.2) is 17.1 Å². The summed E-state index contributed by atoms with van der Waals surface area (Å²) in [5.41, 5.74) is 1.60. The van der Waals surface area contributed by atoms with E-state index in [-0.39, 0.29) is 0 Å². The van der Waals surface area contributed by atoms with Gasteiger partial charge < -0.3 is 0 Å². The molecule has 2 aliphatic carbocycles. The fourth-order valence-electron chi connectivity index (χ4n) is 3.94. The van der Waals surface area contributed by atoms with Crippen molar-refractivity contribution in [2.45, 2.75) is 77.4 Å². The van der Waals surface area contributed by atoms with E-state index in [2.05, 4.69) is 37.8 Å². The fraction of sp³-hybridized carbons (Fsp3) is 0.824. The molecule has 0 radical (unpaired) electrons. The van der Waals surface area contributed by atoms with Crippen LogP contribution in [0, 0.1) is 5.41 Å². The number of hydrogen-bond donors (Lipinski definition) is 0. The zero-order valence-corrected chi connectivity index (χ0v) is 12.7. The van der Waals surface area contributed by atoms with Crippen molar-refractivity contribution in [2.75, 3.05) is 6.54 Å². The van der Waals surface area contributed by atoms with Gasteiger partial charge in [0.25, 0.3) is 0 Å². The first-order valence-electron chi connectivity index (χ1n) is 8.10. The molecule has 2 unspecified atom stereocenters. The summed E-state index contributed by atoms with van der Waals surface area (Å²) >= 11 is 0. The number of hydrogen-bond acceptors (Lipinski definition) is 2. The summed E-state index contributed by atoms with van der Waals surface area (Å²) in [6, 6.07) is 2.08. The molecule has 0 aromatic heterocycles. The summed E-state index contributed by atoms with van der Waals surface area (Å²) in [5, 5.41) is 0. The first kappa shape index (κ1) is 13.4. The number of allylic oxidation sites excluding steroid dienone is 1. The number of dihydropyridines is 1. The molecule has 0 aromatic rings. The van der Waals surface area contributed by atoms with Gasteiger partial charge in [0, 0.05) is 29.8 Å². The van der Waals surface area contributed by atoms with Crippen LogP contribution in [-0.2, 0) is 0 Å². The lowest BCUT2D eigenvalue weighted by Gasteiger charge is -2.39. The van der Waals surface area contributed by atoms with Crippen LogP contribution in [0.25, 0.3) is 0 Å². The molecule has 19 heavy (non-hydrogen) atoms. The normalized spacial score (nSPS) is 34.6. The van der Waals surface area contributed by atoms with Gasteiger partial charge in [-0.3, -0.25) is 9.89 Å². The molecule has 1 aliphatic heterocycles. The van der Waals surface area contributed by atoms with E-state index in [1.165, 1.54) is 50.8 Å². The van der Waals surface area contributed by atoms with E-state index >= 15 is 0 Å². The van der Waals surface area contributed by atoms with Crippen LogP contribution in [0.3, 0.4) is 0 Å². The van der Waals surface area contributed by atoms with Gasteiger partial charge in [-0.2, -0.15) is 0 Å². The molecule has 2 saturated carbocycles. The van der Waals surface area contributed by atoms with Gasteiger partial charge >= 0.3 is 0 Å². The largest absolute Gasteiger partial charge is 0.297 e. The maximum absolute atomic E-state index is 4.79. The van der Waals surface area contributed by atoms with E-state index in [1.54, 1.807) is 0 Å². The average Bonchev–Trinajstić information content (AvgIpc) is 3.10. The van der Waals surface area contributed by atoms with Crippen LogP contribution in [0.5, 0.6) is 0 Å². The Kier molecular flexibility index (Phi) is 3.55. The van der Waals surface area contributed by atoms with Gasteiger partial charge in [-0.15, -0.1) is 0 Å². The molecule has 0 spiro atoms. The van der Waals surface area contributed by atoms with Gasteiger partial charge in [0.1, 0.15) is 0 Å².